The van der Waals surface area contributed by atoms with E-state index in [-0.39, 0.29) is 0 Å². The highest BCUT2D eigenvalue weighted by Gasteiger charge is 2.23. The molecule has 0 aliphatic heterocycles. The van der Waals surface area contributed by atoms with Gasteiger partial charge in [0.2, 0.25) is 0 Å². The van der Waals surface area contributed by atoms with Gasteiger partial charge in [0.05, 0.1) is 22.4 Å². The van der Waals surface area contributed by atoms with Crippen LogP contribution in [0.15, 0.2) is 231 Å². The number of anilines is 3. The van der Waals surface area contributed by atoms with Crippen molar-refractivity contribution >= 4 is 100 Å². The molecule has 2 nitrogen and oxygen atoms in total. The normalized spacial score (nSPS) is 11.5. The van der Waals surface area contributed by atoms with E-state index >= 15 is 0 Å². The van der Waals surface area contributed by atoms with Crippen LogP contribution in [0.25, 0.3) is 99.3 Å². The second-order valence-corrected chi connectivity index (χ2v) is 17.7. The van der Waals surface area contributed by atoms with Crippen molar-refractivity contribution in [2.24, 2.45) is 0 Å². The molecule has 0 N–H and O–H groups in total. The van der Waals surface area contributed by atoms with Gasteiger partial charge in [0.25, 0.3) is 0 Å². The van der Waals surface area contributed by atoms with Gasteiger partial charge in [-0.2, -0.15) is 0 Å². The van der Waals surface area contributed by atoms with E-state index < -0.39 is 0 Å². The monoisotopic (exact) mass is 882 g/mol. The van der Waals surface area contributed by atoms with Crippen LogP contribution in [0.5, 0.6) is 0 Å². The topological polar surface area (TPSA) is 8.17 Å². The molecular weight excluding hydrogens is 844 g/mol. The first-order valence-corrected chi connectivity index (χ1v) is 22.9. The minimum Gasteiger partial charge on any atom is -0.309 e. The lowest BCUT2D eigenvalue weighted by Crippen LogP contribution is -2.11. The van der Waals surface area contributed by atoms with Crippen LogP contribution in [0.1, 0.15) is 5.56 Å². The molecule has 0 spiro atoms. The number of halogens is 2. The zero-order valence-corrected chi connectivity index (χ0v) is 37.3. The maximum atomic E-state index is 6.60. The molecule has 0 fully saturated rings. The Balaban J connectivity index is 1.17. The van der Waals surface area contributed by atoms with Crippen LogP contribution in [0.4, 0.5) is 17.1 Å². The van der Waals surface area contributed by atoms with Crippen LogP contribution in [0.2, 0.25) is 10.0 Å². The van der Waals surface area contributed by atoms with E-state index in [4.69, 9.17) is 23.2 Å². The molecule has 0 atom stereocenters. The molecule has 4 heteroatoms. The highest BCUT2D eigenvalue weighted by Crippen LogP contribution is 2.47. The number of aromatic nitrogens is 1. The molecule has 1 aromatic heterocycles. The fraction of sp³-hybridized carbons (Fsp3) is 0. The fourth-order valence-corrected chi connectivity index (χ4v) is 10.6. The van der Waals surface area contributed by atoms with Crippen molar-refractivity contribution in [3.05, 3.63) is 247 Å². The Morgan fingerprint density at radius 2 is 0.985 bits per heavy atom. The first kappa shape index (κ1) is 39.7. The minimum absolute atomic E-state index is 0.603. The summed E-state index contributed by atoms with van der Waals surface area (Å²) >= 11 is 13.2. The molecule has 0 radical (unpaired) electrons. The molecule has 1 heterocycles. The van der Waals surface area contributed by atoms with E-state index in [0.717, 1.165) is 83.1 Å². The predicted octanol–water partition coefficient (Wildman–Crippen LogP) is 18.7. The van der Waals surface area contributed by atoms with E-state index in [2.05, 4.69) is 222 Å². The SMILES string of the molecule is C=Cc1cc2c(c3ccccc13)c1cc(N(c3cccc4ccccc34)c3ccc(-c4cc(Cl)cc(Cl)c4)c4ccccc34)ccc1n2-c1cc(-c2ccccc2)cc(-c2ccccc2)c1. The number of rotatable bonds is 8. The molecule has 0 bridgehead atoms. The second kappa shape index (κ2) is 16.3. The third kappa shape index (κ3) is 6.73. The summed E-state index contributed by atoms with van der Waals surface area (Å²) in [6, 6.07) is 80.5. The Bertz CT molecular complexity index is 3790. The van der Waals surface area contributed by atoms with Gasteiger partial charge in [-0.05, 0) is 133 Å². The zero-order chi connectivity index (χ0) is 44.3. The maximum absolute atomic E-state index is 6.60. The van der Waals surface area contributed by atoms with Gasteiger partial charge in [0.1, 0.15) is 0 Å². The predicted molar refractivity (Wildman–Crippen MR) is 284 cm³/mol. The lowest BCUT2D eigenvalue weighted by molar-refractivity contribution is 1.18. The average molecular weight is 884 g/mol. The Hall–Kier alpha value is -7.88. The Morgan fingerprint density at radius 3 is 1.68 bits per heavy atom. The third-order valence-electron chi connectivity index (χ3n) is 13.0. The van der Waals surface area contributed by atoms with Crippen molar-refractivity contribution in [3.63, 3.8) is 0 Å². The number of benzene rings is 11. The van der Waals surface area contributed by atoms with Gasteiger partial charge in [-0.1, -0.05) is 188 Å². The standard InChI is InChI=1S/C62H40Cl2N2/c1-2-40-37-61-62(56-26-14-11-22-51(40)56)57-39-49(28-30-60(57)66(61)50-35-44(41-16-5-3-6-17-41)32-45(36-50)42-18-7-4-8-19-42)65(58-27-15-21-43-20-9-10-23-53(43)58)59-31-29-52(54-24-12-13-25-55(54)59)46-33-47(63)38-48(64)34-46/h2-39H,1H2. The maximum Gasteiger partial charge on any atom is 0.0553 e. The molecule has 12 rings (SSSR count). The number of fused-ring (bicyclic) bond motifs is 7. The molecule has 0 amide bonds. The third-order valence-corrected chi connectivity index (χ3v) is 13.4. The summed E-state index contributed by atoms with van der Waals surface area (Å²) in [6.45, 7) is 4.31. The largest absolute Gasteiger partial charge is 0.309 e. The molecule has 0 aliphatic carbocycles. The van der Waals surface area contributed by atoms with E-state index in [9.17, 15) is 0 Å². The van der Waals surface area contributed by atoms with Crippen molar-refractivity contribution in [1.29, 1.82) is 0 Å². The van der Waals surface area contributed by atoms with Crippen molar-refractivity contribution in [2.45, 2.75) is 0 Å². The molecule has 66 heavy (non-hydrogen) atoms. The first-order chi connectivity index (χ1) is 32.5. The summed E-state index contributed by atoms with van der Waals surface area (Å²) in [6.07, 6.45) is 1.99. The van der Waals surface area contributed by atoms with Crippen molar-refractivity contribution in [2.75, 3.05) is 4.90 Å². The Morgan fingerprint density at radius 1 is 0.394 bits per heavy atom. The lowest BCUT2D eigenvalue weighted by Gasteiger charge is -2.29. The summed E-state index contributed by atoms with van der Waals surface area (Å²) in [4.78, 5) is 2.44. The molecule has 0 saturated heterocycles. The van der Waals surface area contributed by atoms with Gasteiger partial charge in [-0.3, -0.25) is 0 Å². The van der Waals surface area contributed by atoms with Gasteiger partial charge in [-0.25, -0.2) is 0 Å². The molecule has 0 unspecified atom stereocenters. The smallest absolute Gasteiger partial charge is 0.0553 e. The average Bonchev–Trinajstić information content (AvgIpc) is 3.70. The summed E-state index contributed by atoms with van der Waals surface area (Å²) < 4.78 is 2.45. The van der Waals surface area contributed by atoms with E-state index in [1.807, 2.05) is 18.2 Å². The van der Waals surface area contributed by atoms with E-state index in [1.165, 1.54) is 32.7 Å². The van der Waals surface area contributed by atoms with Gasteiger partial charge < -0.3 is 9.47 Å². The van der Waals surface area contributed by atoms with Crippen LogP contribution in [-0.2, 0) is 0 Å². The minimum atomic E-state index is 0.603. The lowest BCUT2D eigenvalue weighted by atomic mass is 9.95. The summed E-state index contributed by atoms with van der Waals surface area (Å²) in [5, 5.41) is 10.4. The van der Waals surface area contributed by atoms with Crippen molar-refractivity contribution in [3.8, 4) is 39.1 Å². The Kier molecular flexibility index (Phi) is 9.79. The highest BCUT2D eigenvalue weighted by molar-refractivity contribution is 6.35. The van der Waals surface area contributed by atoms with E-state index in [0.29, 0.717) is 10.0 Å². The van der Waals surface area contributed by atoms with Crippen LogP contribution >= 0.6 is 23.2 Å². The first-order valence-electron chi connectivity index (χ1n) is 22.2. The number of nitrogens with zero attached hydrogens (tertiary/aromatic N) is 2. The van der Waals surface area contributed by atoms with Gasteiger partial charge in [0, 0.05) is 43.0 Å². The fourth-order valence-electron chi connectivity index (χ4n) is 10.1. The van der Waals surface area contributed by atoms with E-state index in [1.54, 1.807) is 6.07 Å². The van der Waals surface area contributed by atoms with Crippen LogP contribution in [0.3, 0.4) is 0 Å². The van der Waals surface area contributed by atoms with Gasteiger partial charge >= 0.3 is 0 Å². The molecular formula is C62H40Cl2N2. The van der Waals surface area contributed by atoms with Gasteiger partial charge in [-0.15, -0.1) is 0 Å². The zero-order valence-electron chi connectivity index (χ0n) is 35.8. The molecule has 11 aromatic carbocycles. The molecule has 312 valence electrons. The number of hydrogen-bond acceptors (Lipinski definition) is 1. The van der Waals surface area contributed by atoms with Crippen LogP contribution < -0.4 is 4.90 Å². The molecule has 0 aliphatic rings. The summed E-state index contributed by atoms with van der Waals surface area (Å²) in [7, 11) is 0. The second-order valence-electron chi connectivity index (χ2n) is 16.8. The molecule has 0 saturated carbocycles. The number of hydrogen-bond donors (Lipinski definition) is 0. The van der Waals surface area contributed by atoms with Crippen LogP contribution in [0, 0.1) is 0 Å². The quantitative estimate of drug-likeness (QED) is 0.148. The van der Waals surface area contributed by atoms with Crippen molar-refractivity contribution in [1.82, 2.24) is 4.57 Å². The van der Waals surface area contributed by atoms with Crippen LogP contribution in [-0.4, -0.2) is 4.57 Å². The summed E-state index contributed by atoms with van der Waals surface area (Å²) in [5.74, 6) is 0. The highest BCUT2D eigenvalue weighted by atomic mass is 35.5. The van der Waals surface area contributed by atoms with Gasteiger partial charge in [0.15, 0.2) is 0 Å². The van der Waals surface area contributed by atoms with Crippen molar-refractivity contribution < 1.29 is 0 Å². The Labute approximate surface area is 393 Å². The molecule has 12 aromatic rings. The summed E-state index contributed by atoms with van der Waals surface area (Å²) in [5.41, 5.74) is 14.3.